The Labute approximate surface area is 205 Å². The van der Waals surface area contributed by atoms with Crippen molar-refractivity contribution in [3.05, 3.63) is 0 Å². The molecule has 0 aromatic heterocycles. The minimum atomic E-state index is -0.217. The second-order valence-electron chi connectivity index (χ2n) is 12.8. The second kappa shape index (κ2) is 9.24. The standard InChI is InChI=1S/C14H24N2O.C14H21NO2/c1-8-3-5-11-10-6-4-9(2)16-12(10)7-15-13(11)14(8)17;1-7-2-3-8-9-4-5-11-14(17-11)12(9)15-6-10(8)13(7)16/h7-14,16-17H,3-6H2,1-2H3;6-14,16H,2-5H2,1H3. The van der Waals surface area contributed by atoms with Crippen molar-refractivity contribution in [1.29, 1.82) is 0 Å². The summed E-state index contributed by atoms with van der Waals surface area (Å²) in [6.45, 7) is 6.58. The summed E-state index contributed by atoms with van der Waals surface area (Å²) in [4.78, 5) is 9.40. The second-order valence-corrected chi connectivity index (χ2v) is 12.8. The summed E-state index contributed by atoms with van der Waals surface area (Å²) >= 11 is 0. The van der Waals surface area contributed by atoms with Gasteiger partial charge in [0, 0.05) is 30.4 Å². The molecule has 3 saturated carbocycles. The van der Waals surface area contributed by atoms with E-state index in [-0.39, 0.29) is 18.2 Å². The van der Waals surface area contributed by atoms with Crippen LogP contribution in [0.4, 0.5) is 0 Å². The first-order valence-corrected chi connectivity index (χ1v) is 14.3. The highest BCUT2D eigenvalue weighted by molar-refractivity contribution is 5.67. The molecule has 6 nitrogen and oxygen atoms in total. The van der Waals surface area contributed by atoms with Crippen LogP contribution in [0.3, 0.4) is 0 Å². The van der Waals surface area contributed by atoms with Crippen molar-refractivity contribution >= 4 is 12.4 Å². The molecule has 3 N–H and O–H groups in total. The number of nitrogens with one attached hydrogen (secondary N) is 1. The number of hydrogen-bond acceptors (Lipinski definition) is 6. The molecule has 0 bridgehead atoms. The lowest BCUT2D eigenvalue weighted by molar-refractivity contribution is -0.00715. The van der Waals surface area contributed by atoms with Gasteiger partial charge >= 0.3 is 0 Å². The average Bonchev–Trinajstić information content (AvgIpc) is 3.64. The highest BCUT2D eigenvalue weighted by Gasteiger charge is 2.56. The van der Waals surface area contributed by atoms with Gasteiger partial charge in [0.15, 0.2) is 0 Å². The molecule has 4 heterocycles. The van der Waals surface area contributed by atoms with Gasteiger partial charge in [-0.2, -0.15) is 0 Å². The highest BCUT2D eigenvalue weighted by Crippen LogP contribution is 2.51. The number of fused-ring (bicyclic) bond motifs is 8. The molecule has 3 aliphatic carbocycles. The van der Waals surface area contributed by atoms with Crippen LogP contribution in [0.1, 0.15) is 72.1 Å². The summed E-state index contributed by atoms with van der Waals surface area (Å²) in [5.74, 6) is 3.82. The van der Waals surface area contributed by atoms with E-state index in [1.807, 2.05) is 0 Å². The SMILES string of the molecule is CC1CCC2C(C=NC3C(O)C(C)CCC23)N1.CC1CCC2C(C=NC3C2CCC2OC23)C1O. The highest BCUT2D eigenvalue weighted by atomic mass is 16.6. The number of aliphatic hydroxyl groups is 2. The molecule has 0 radical (unpaired) electrons. The molecule has 5 fully saturated rings. The lowest BCUT2D eigenvalue weighted by Crippen LogP contribution is -2.57. The molecular formula is C28H45N3O3. The number of piperidine rings is 1. The molecular weight excluding hydrogens is 426 g/mol. The zero-order valence-electron chi connectivity index (χ0n) is 21.2. The molecule has 2 saturated heterocycles. The number of rotatable bonds is 0. The maximum absolute atomic E-state index is 10.3. The minimum absolute atomic E-state index is 0.170. The summed E-state index contributed by atoms with van der Waals surface area (Å²) in [6, 6.07) is 1.66. The number of aliphatic imine (C=N–C) groups is 2. The Morgan fingerprint density at radius 2 is 1.35 bits per heavy atom. The molecule has 6 heteroatoms. The summed E-state index contributed by atoms with van der Waals surface area (Å²) < 4.78 is 5.70. The predicted molar refractivity (Wildman–Crippen MR) is 134 cm³/mol. The van der Waals surface area contributed by atoms with Crippen LogP contribution in [0, 0.1) is 41.4 Å². The van der Waals surface area contributed by atoms with Crippen LogP contribution >= 0.6 is 0 Å². The maximum atomic E-state index is 10.3. The van der Waals surface area contributed by atoms with Crippen molar-refractivity contribution in [2.75, 3.05) is 0 Å². The number of ether oxygens (including phenoxy) is 1. The first-order valence-electron chi connectivity index (χ1n) is 14.3. The number of aliphatic hydroxyl groups excluding tert-OH is 2. The van der Waals surface area contributed by atoms with Crippen LogP contribution in [0.2, 0.25) is 0 Å². The molecule has 190 valence electrons. The third-order valence-corrected chi connectivity index (χ3v) is 10.8. The third-order valence-electron chi connectivity index (χ3n) is 10.8. The van der Waals surface area contributed by atoms with Crippen molar-refractivity contribution in [1.82, 2.24) is 5.32 Å². The first-order chi connectivity index (χ1) is 16.4. The van der Waals surface area contributed by atoms with Crippen LogP contribution in [0.15, 0.2) is 9.98 Å². The van der Waals surface area contributed by atoms with Gasteiger partial charge in [0.1, 0.15) is 6.10 Å². The quantitative estimate of drug-likeness (QED) is 0.473. The molecule has 4 aliphatic heterocycles. The summed E-state index contributed by atoms with van der Waals surface area (Å²) in [6.07, 6.45) is 14.6. The van der Waals surface area contributed by atoms with Gasteiger partial charge in [-0.05, 0) is 93.8 Å². The van der Waals surface area contributed by atoms with E-state index in [1.54, 1.807) is 0 Å². The fourth-order valence-electron chi connectivity index (χ4n) is 8.51. The summed E-state index contributed by atoms with van der Waals surface area (Å²) in [5.41, 5.74) is 0. The van der Waals surface area contributed by atoms with Crippen molar-refractivity contribution in [2.45, 2.75) is 121 Å². The normalized spacial score (nSPS) is 57.0. The number of nitrogens with zero attached hydrogens (tertiary/aromatic N) is 2. The largest absolute Gasteiger partial charge is 0.392 e. The molecule has 0 aromatic rings. The van der Waals surface area contributed by atoms with Crippen LogP contribution in [0.5, 0.6) is 0 Å². The van der Waals surface area contributed by atoms with E-state index < -0.39 is 0 Å². The van der Waals surface area contributed by atoms with Gasteiger partial charge in [-0.15, -0.1) is 0 Å². The van der Waals surface area contributed by atoms with E-state index >= 15 is 0 Å². The Hall–Kier alpha value is -0.820. The van der Waals surface area contributed by atoms with E-state index in [1.165, 1.54) is 44.9 Å². The molecule has 7 aliphatic rings. The Kier molecular flexibility index (Phi) is 6.41. The monoisotopic (exact) mass is 471 g/mol. The zero-order valence-corrected chi connectivity index (χ0v) is 21.2. The molecule has 34 heavy (non-hydrogen) atoms. The van der Waals surface area contributed by atoms with Gasteiger partial charge < -0.3 is 20.3 Å². The Bertz CT molecular complexity index is 802. The third kappa shape index (κ3) is 4.10. The zero-order chi connectivity index (χ0) is 23.6. The molecule has 15 unspecified atom stereocenters. The van der Waals surface area contributed by atoms with E-state index in [2.05, 4.69) is 43.5 Å². The fourth-order valence-corrected chi connectivity index (χ4v) is 8.51. The molecule has 0 aromatic carbocycles. The van der Waals surface area contributed by atoms with Crippen molar-refractivity contribution in [3.8, 4) is 0 Å². The van der Waals surface area contributed by atoms with E-state index in [4.69, 9.17) is 9.73 Å². The van der Waals surface area contributed by atoms with Crippen molar-refractivity contribution < 1.29 is 14.9 Å². The average molecular weight is 472 g/mol. The lowest BCUT2D eigenvalue weighted by atomic mass is 9.62. The van der Waals surface area contributed by atoms with E-state index in [0.29, 0.717) is 71.8 Å². The number of hydrogen-bond donors (Lipinski definition) is 3. The predicted octanol–water partition coefficient (Wildman–Crippen LogP) is 3.24. The first kappa shape index (κ1) is 23.6. The number of epoxide rings is 1. The van der Waals surface area contributed by atoms with Gasteiger partial charge in [0.05, 0.1) is 30.4 Å². The Balaban J connectivity index is 0.000000128. The Morgan fingerprint density at radius 1 is 0.706 bits per heavy atom. The molecule has 0 spiro atoms. The summed E-state index contributed by atoms with van der Waals surface area (Å²) in [7, 11) is 0. The van der Waals surface area contributed by atoms with Crippen LogP contribution < -0.4 is 5.32 Å². The topological polar surface area (TPSA) is 89.7 Å². The molecule has 0 amide bonds. The molecule has 7 rings (SSSR count). The Morgan fingerprint density at radius 3 is 2.18 bits per heavy atom. The van der Waals surface area contributed by atoms with Crippen LogP contribution in [-0.2, 0) is 4.74 Å². The van der Waals surface area contributed by atoms with Gasteiger partial charge in [0.25, 0.3) is 0 Å². The van der Waals surface area contributed by atoms with Crippen molar-refractivity contribution in [2.24, 2.45) is 51.4 Å². The van der Waals surface area contributed by atoms with Gasteiger partial charge in [-0.3, -0.25) is 9.98 Å². The smallest absolute Gasteiger partial charge is 0.107 e. The summed E-state index contributed by atoms with van der Waals surface area (Å²) in [5, 5.41) is 24.2. The van der Waals surface area contributed by atoms with E-state index in [0.717, 1.165) is 6.42 Å². The van der Waals surface area contributed by atoms with Crippen LogP contribution in [-0.4, -0.2) is 71.2 Å². The minimum Gasteiger partial charge on any atom is -0.392 e. The maximum Gasteiger partial charge on any atom is 0.107 e. The van der Waals surface area contributed by atoms with Crippen LogP contribution in [0.25, 0.3) is 0 Å². The van der Waals surface area contributed by atoms with Gasteiger partial charge in [0.2, 0.25) is 0 Å². The van der Waals surface area contributed by atoms with Gasteiger partial charge in [-0.25, -0.2) is 0 Å². The van der Waals surface area contributed by atoms with E-state index in [9.17, 15) is 10.2 Å². The fraction of sp³-hybridized carbons (Fsp3) is 0.929. The molecule has 15 atom stereocenters. The van der Waals surface area contributed by atoms with Crippen molar-refractivity contribution in [3.63, 3.8) is 0 Å². The van der Waals surface area contributed by atoms with Gasteiger partial charge in [-0.1, -0.05) is 13.8 Å². The lowest BCUT2D eigenvalue weighted by Gasteiger charge is -2.48.